The number of rotatable bonds is 18. The molecule has 1 aromatic rings. The van der Waals surface area contributed by atoms with Crippen LogP contribution in [0, 0.1) is 0 Å². The molecule has 0 atom stereocenters. The lowest BCUT2D eigenvalue weighted by Gasteiger charge is -2.11. The standard InChI is InChI=1S/C27H30O12/c1-4-7-22(28)34-10-13-37-25(31)19-16-20(26(32)38-14-11-35-23(29)8-5-2)18-21(17-19)27(33)39-15-12-36-24(30)9-6-3/h4-6,16-18H,1-3,7-15H2. The van der Waals surface area contributed by atoms with Gasteiger partial charge in [-0.05, 0) is 18.2 Å². The number of esters is 6. The van der Waals surface area contributed by atoms with Crippen molar-refractivity contribution >= 4 is 35.8 Å². The van der Waals surface area contributed by atoms with Gasteiger partial charge in [-0.3, -0.25) is 14.4 Å². The highest BCUT2D eigenvalue weighted by atomic mass is 16.6. The second-order valence-electron chi connectivity index (χ2n) is 7.35. The Labute approximate surface area is 225 Å². The van der Waals surface area contributed by atoms with Crippen LogP contribution in [-0.4, -0.2) is 75.5 Å². The van der Waals surface area contributed by atoms with E-state index in [1.165, 1.54) is 18.2 Å². The number of benzene rings is 1. The van der Waals surface area contributed by atoms with Crippen molar-refractivity contribution in [2.75, 3.05) is 39.6 Å². The Balaban J connectivity index is 2.89. The normalized spacial score (nSPS) is 9.85. The molecule has 1 aromatic carbocycles. The molecule has 0 aliphatic heterocycles. The Hall–Kier alpha value is -4.74. The molecular formula is C27H30O12. The van der Waals surface area contributed by atoms with Crippen LogP contribution >= 0.6 is 0 Å². The fourth-order valence-electron chi connectivity index (χ4n) is 2.63. The third kappa shape index (κ3) is 13.4. The molecule has 12 nitrogen and oxygen atoms in total. The fraction of sp³-hybridized carbons (Fsp3) is 0.333. The van der Waals surface area contributed by atoms with E-state index in [9.17, 15) is 28.8 Å². The third-order valence-electron chi connectivity index (χ3n) is 4.31. The van der Waals surface area contributed by atoms with E-state index in [-0.39, 0.29) is 75.6 Å². The van der Waals surface area contributed by atoms with Crippen LogP contribution in [0.3, 0.4) is 0 Å². The molecule has 1 rings (SSSR count). The molecule has 0 spiro atoms. The van der Waals surface area contributed by atoms with Crippen molar-refractivity contribution in [3.8, 4) is 0 Å². The summed E-state index contributed by atoms with van der Waals surface area (Å²) in [4.78, 5) is 71.7. The minimum atomic E-state index is -0.921. The van der Waals surface area contributed by atoms with E-state index in [1.807, 2.05) is 0 Å². The molecule has 210 valence electrons. The van der Waals surface area contributed by atoms with Crippen molar-refractivity contribution in [2.45, 2.75) is 19.3 Å². The van der Waals surface area contributed by atoms with E-state index in [0.717, 1.165) is 18.2 Å². The van der Waals surface area contributed by atoms with Crippen molar-refractivity contribution in [3.63, 3.8) is 0 Å². The van der Waals surface area contributed by atoms with Crippen LogP contribution < -0.4 is 0 Å². The monoisotopic (exact) mass is 546 g/mol. The second-order valence-corrected chi connectivity index (χ2v) is 7.35. The topological polar surface area (TPSA) is 158 Å². The smallest absolute Gasteiger partial charge is 0.338 e. The minimum absolute atomic E-state index is 0.00944. The Bertz CT molecular complexity index is 927. The van der Waals surface area contributed by atoms with E-state index in [4.69, 9.17) is 28.4 Å². The Morgan fingerprint density at radius 1 is 0.462 bits per heavy atom. The quantitative estimate of drug-likeness (QED) is 0.115. The van der Waals surface area contributed by atoms with Crippen molar-refractivity contribution in [1.29, 1.82) is 0 Å². The molecule has 0 heterocycles. The van der Waals surface area contributed by atoms with Gasteiger partial charge in [-0.2, -0.15) is 0 Å². The molecular weight excluding hydrogens is 516 g/mol. The van der Waals surface area contributed by atoms with Gasteiger partial charge in [0.2, 0.25) is 0 Å². The molecule has 0 aliphatic rings. The number of carbonyl (C=O) groups excluding carboxylic acids is 6. The summed E-state index contributed by atoms with van der Waals surface area (Å²) in [5, 5.41) is 0. The van der Waals surface area contributed by atoms with Gasteiger partial charge in [-0.1, -0.05) is 18.2 Å². The van der Waals surface area contributed by atoms with Gasteiger partial charge in [0.25, 0.3) is 0 Å². The van der Waals surface area contributed by atoms with Crippen LogP contribution in [0.25, 0.3) is 0 Å². The van der Waals surface area contributed by atoms with Gasteiger partial charge in [-0.15, -0.1) is 19.7 Å². The van der Waals surface area contributed by atoms with E-state index >= 15 is 0 Å². The maximum Gasteiger partial charge on any atom is 0.338 e. The van der Waals surface area contributed by atoms with Crippen molar-refractivity contribution < 1.29 is 57.2 Å². The summed E-state index contributed by atoms with van der Waals surface area (Å²) < 4.78 is 29.7. The predicted molar refractivity (Wildman–Crippen MR) is 135 cm³/mol. The lowest BCUT2D eigenvalue weighted by atomic mass is 10.1. The molecule has 39 heavy (non-hydrogen) atoms. The Kier molecular flexibility index (Phi) is 15.3. The van der Waals surface area contributed by atoms with Crippen LogP contribution in [0.1, 0.15) is 50.3 Å². The first kappa shape index (κ1) is 32.3. The highest BCUT2D eigenvalue weighted by Gasteiger charge is 2.19. The van der Waals surface area contributed by atoms with Gasteiger partial charge in [-0.25, -0.2) is 14.4 Å². The predicted octanol–water partition coefficient (Wildman–Crippen LogP) is 2.51. The molecule has 0 unspecified atom stereocenters. The summed E-state index contributed by atoms with van der Waals surface area (Å²) in [5.41, 5.74) is -0.573. The molecule has 0 saturated heterocycles. The molecule has 0 N–H and O–H groups in total. The van der Waals surface area contributed by atoms with Gasteiger partial charge in [0, 0.05) is 0 Å². The summed E-state index contributed by atoms with van der Waals surface area (Å²) in [6.07, 6.45) is 4.04. The largest absolute Gasteiger partial charge is 0.462 e. The van der Waals surface area contributed by atoms with E-state index in [1.54, 1.807) is 0 Å². The number of hydrogen-bond acceptors (Lipinski definition) is 12. The summed E-state index contributed by atoms with van der Waals surface area (Å²) in [7, 11) is 0. The molecule has 0 bridgehead atoms. The first-order chi connectivity index (χ1) is 18.7. The molecule has 0 fully saturated rings. The minimum Gasteiger partial charge on any atom is -0.462 e. The van der Waals surface area contributed by atoms with Crippen LogP contribution in [-0.2, 0) is 42.8 Å². The molecule has 0 saturated carbocycles. The lowest BCUT2D eigenvalue weighted by Crippen LogP contribution is -2.18. The van der Waals surface area contributed by atoms with Gasteiger partial charge in [0.1, 0.15) is 39.6 Å². The molecule has 0 aliphatic carbocycles. The second kappa shape index (κ2) is 18.5. The van der Waals surface area contributed by atoms with Gasteiger partial charge >= 0.3 is 35.8 Å². The highest BCUT2D eigenvalue weighted by Crippen LogP contribution is 2.15. The number of ether oxygens (including phenoxy) is 6. The van der Waals surface area contributed by atoms with E-state index in [0.29, 0.717) is 0 Å². The van der Waals surface area contributed by atoms with Crippen LogP contribution in [0.4, 0.5) is 0 Å². The first-order valence-electron chi connectivity index (χ1n) is 11.7. The average Bonchev–Trinajstić information content (AvgIpc) is 2.91. The summed E-state index contributed by atoms with van der Waals surface area (Å²) in [5.74, 6) is -4.43. The van der Waals surface area contributed by atoms with Crippen molar-refractivity contribution in [2.24, 2.45) is 0 Å². The van der Waals surface area contributed by atoms with Crippen molar-refractivity contribution in [1.82, 2.24) is 0 Å². The Morgan fingerprint density at radius 2 is 0.692 bits per heavy atom. The first-order valence-corrected chi connectivity index (χ1v) is 11.7. The van der Waals surface area contributed by atoms with Gasteiger partial charge in [0.15, 0.2) is 0 Å². The van der Waals surface area contributed by atoms with Gasteiger partial charge < -0.3 is 28.4 Å². The summed E-state index contributed by atoms with van der Waals surface area (Å²) in [6, 6.07) is 3.39. The zero-order valence-electron chi connectivity index (χ0n) is 21.3. The third-order valence-corrected chi connectivity index (χ3v) is 4.31. The maximum absolute atomic E-state index is 12.5. The lowest BCUT2D eigenvalue weighted by molar-refractivity contribution is -0.144. The fourth-order valence-corrected chi connectivity index (χ4v) is 2.63. The molecule has 12 heteroatoms. The van der Waals surface area contributed by atoms with Crippen molar-refractivity contribution in [3.05, 3.63) is 72.9 Å². The molecule has 0 amide bonds. The van der Waals surface area contributed by atoms with E-state index in [2.05, 4.69) is 19.7 Å². The molecule has 0 radical (unpaired) electrons. The average molecular weight is 547 g/mol. The highest BCUT2D eigenvalue weighted by molar-refractivity contribution is 6.00. The zero-order chi connectivity index (χ0) is 29.0. The maximum atomic E-state index is 12.5. The Morgan fingerprint density at radius 3 is 0.923 bits per heavy atom. The summed E-state index contributed by atoms with van der Waals surface area (Å²) >= 11 is 0. The number of carbonyl (C=O) groups is 6. The van der Waals surface area contributed by atoms with Gasteiger partial charge in [0.05, 0.1) is 36.0 Å². The van der Waals surface area contributed by atoms with E-state index < -0.39 is 35.8 Å². The SMILES string of the molecule is C=CCC(=O)OCCOC(=O)c1cc(C(=O)OCCOC(=O)CC=C)cc(C(=O)OCCOC(=O)CC=C)c1. The number of hydrogen-bond donors (Lipinski definition) is 0. The zero-order valence-corrected chi connectivity index (χ0v) is 21.3. The van der Waals surface area contributed by atoms with Crippen LogP contribution in [0.2, 0.25) is 0 Å². The molecule has 0 aromatic heterocycles. The van der Waals surface area contributed by atoms with Crippen LogP contribution in [0.5, 0.6) is 0 Å². The van der Waals surface area contributed by atoms with Crippen LogP contribution in [0.15, 0.2) is 56.2 Å². The summed E-state index contributed by atoms with van der Waals surface area (Å²) in [6.45, 7) is 8.70.